The number of nitrogens with zero attached hydrogens (tertiary/aromatic N) is 2. The number of rotatable bonds is 3. The molecule has 0 aliphatic rings. The lowest BCUT2D eigenvalue weighted by atomic mass is 10.1. The maximum atomic E-state index is 12.0. The summed E-state index contributed by atoms with van der Waals surface area (Å²) < 4.78 is 5.06. The van der Waals surface area contributed by atoms with E-state index in [1.54, 1.807) is 26.8 Å². The van der Waals surface area contributed by atoms with Crippen LogP contribution in [0.5, 0.6) is 0 Å². The van der Waals surface area contributed by atoms with Crippen molar-refractivity contribution in [2.45, 2.75) is 26.9 Å². The number of aliphatic hydroxyl groups excluding tert-OH is 1. The van der Waals surface area contributed by atoms with Gasteiger partial charge in [-0.25, -0.2) is 4.98 Å². The second-order valence-corrected chi connectivity index (χ2v) is 4.32. The van der Waals surface area contributed by atoms with Gasteiger partial charge in [-0.1, -0.05) is 5.16 Å². The number of aromatic nitrogens is 2. The fourth-order valence-corrected chi connectivity index (χ4v) is 1.73. The van der Waals surface area contributed by atoms with Gasteiger partial charge in [0.25, 0.3) is 11.6 Å². The van der Waals surface area contributed by atoms with Gasteiger partial charge in [-0.2, -0.15) is 0 Å². The molecule has 0 saturated heterocycles. The molecule has 1 amide bonds. The Morgan fingerprint density at radius 2 is 2.28 bits per heavy atom. The van der Waals surface area contributed by atoms with Crippen LogP contribution < -0.4 is 5.32 Å². The number of amides is 1. The Hall–Kier alpha value is -1.95. The van der Waals surface area contributed by atoms with Gasteiger partial charge in [0.1, 0.15) is 0 Å². The van der Waals surface area contributed by atoms with E-state index in [4.69, 9.17) is 4.52 Å². The molecule has 2 N–H and O–H groups in total. The molecule has 2 aromatic rings. The Morgan fingerprint density at radius 1 is 1.56 bits per heavy atom. The zero-order valence-electron chi connectivity index (χ0n) is 10.5. The van der Waals surface area contributed by atoms with E-state index < -0.39 is 6.10 Å². The van der Waals surface area contributed by atoms with Gasteiger partial charge >= 0.3 is 0 Å². The van der Waals surface area contributed by atoms with Crippen LogP contribution in [0.15, 0.2) is 10.6 Å². The highest BCUT2D eigenvalue weighted by Gasteiger charge is 2.17. The van der Waals surface area contributed by atoms with Crippen molar-refractivity contribution in [3.8, 4) is 0 Å². The van der Waals surface area contributed by atoms with Gasteiger partial charge in [-0.15, -0.1) is 0 Å². The summed E-state index contributed by atoms with van der Waals surface area (Å²) in [6.07, 6.45) is -0.587. The van der Waals surface area contributed by atoms with Crippen molar-refractivity contribution >= 4 is 17.0 Å². The van der Waals surface area contributed by atoms with Crippen LogP contribution in [0, 0.1) is 13.8 Å². The minimum absolute atomic E-state index is 0.200. The molecule has 0 bridgehead atoms. The van der Waals surface area contributed by atoms with Crippen LogP contribution >= 0.6 is 0 Å². The van der Waals surface area contributed by atoms with E-state index in [0.29, 0.717) is 28.1 Å². The lowest BCUT2D eigenvalue weighted by molar-refractivity contribution is 0.0925. The molecule has 0 saturated carbocycles. The highest BCUT2D eigenvalue weighted by Crippen LogP contribution is 2.21. The van der Waals surface area contributed by atoms with Gasteiger partial charge in [0.15, 0.2) is 0 Å². The number of fused-ring (bicyclic) bond motifs is 1. The Kier molecular flexibility index (Phi) is 3.29. The molecule has 0 aliphatic heterocycles. The van der Waals surface area contributed by atoms with Crippen LogP contribution in [-0.4, -0.2) is 33.8 Å². The van der Waals surface area contributed by atoms with Crippen LogP contribution in [0.3, 0.4) is 0 Å². The molecule has 2 aromatic heterocycles. The molecule has 18 heavy (non-hydrogen) atoms. The third-order valence-electron chi connectivity index (χ3n) is 2.55. The fourth-order valence-electron chi connectivity index (χ4n) is 1.73. The van der Waals surface area contributed by atoms with Crippen LogP contribution in [0.2, 0.25) is 0 Å². The smallest absolute Gasteiger partial charge is 0.258 e. The predicted octanol–water partition coefficient (Wildman–Crippen LogP) is 0.950. The second-order valence-electron chi connectivity index (χ2n) is 4.32. The predicted molar refractivity (Wildman–Crippen MR) is 65.3 cm³/mol. The first-order valence-corrected chi connectivity index (χ1v) is 5.69. The molecule has 0 radical (unpaired) electrons. The Morgan fingerprint density at radius 3 is 2.94 bits per heavy atom. The monoisotopic (exact) mass is 249 g/mol. The van der Waals surface area contributed by atoms with Crippen molar-refractivity contribution in [1.82, 2.24) is 15.5 Å². The highest BCUT2D eigenvalue weighted by atomic mass is 16.5. The molecule has 2 heterocycles. The Labute approximate surface area is 104 Å². The number of carbonyl (C=O) groups is 1. The molecule has 0 aromatic carbocycles. The SMILES string of the molecule is Cc1cc(C(=O)NCC(C)O)c2c(C)noc2n1. The lowest BCUT2D eigenvalue weighted by Gasteiger charge is -2.08. The summed E-state index contributed by atoms with van der Waals surface area (Å²) in [7, 11) is 0. The van der Waals surface area contributed by atoms with Gasteiger partial charge in [-0.3, -0.25) is 4.79 Å². The molecular formula is C12H15N3O3. The van der Waals surface area contributed by atoms with E-state index >= 15 is 0 Å². The maximum absolute atomic E-state index is 12.0. The zero-order valence-corrected chi connectivity index (χ0v) is 10.5. The molecule has 0 spiro atoms. The summed E-state index contributed by atoms with van der Waals surface area (Å²) in [5.41, 5.74) is 2.13. The van der Waals surface area contributed by atoms with E-state index in [0.717, 1.165) is 0 Å². The largest absolute Gasteiger partial charge is 0.392 e. The van der Waals surface area contributed by atoms with Gasteiger partial charge in [0, 0.05) is 12.2 Å². The highest BCUT2D eigenvalue weighted by molar-refractivity contribution is 6.06. The number of hydrogen-bond donors (Lipinski definition) is 2. The average molecular weight is 249 g/mol. The molecular weight excluding hydrogens is 234 g/mol. The molecule has 0 aliphatic carbocycles. The fraction of sp³-hybridized carbons (Fsp3) is 0.417. The molecule has 96 valence electrons. The lowest BCUT2D eigenvalue weighted by Crippen LogP contribution is -2.30. The molecule has 2 rings (SSSR count). The minimum Gasteiger partial charge on any atom is -0.392 e. The van der Waals surface area contributed by atoms with Crippen LogP contribution in [0.4, 0.5) is 0 Å². The molecule has 1 unspecified atom stereocenters. The zero-order chi connectivity index (χ0) is 13.3. The van der Waals surface area contributed by atoms with Gasteiger partial charge in [0.2, 0.25) is 0 Å². The van der Waals surface area contributed by atoms with Crippen LogP contribution in [-0.2, 0) is 0 Å². The van der Waals surface area contributed by atoms with Crippen molar-refractivity contribution in [3.63, 3.8) is 0 Å². The summed E-state index contributed by atoms with van der Waals surface area (Å²) in [5, 5.41) is 16.2. The van der Waals surface area contributed by atoms with Gasteiger partial charge in [-0.05, 0) is 26.8 Å². The Balaban J connectivity index is 2.42. The van der Waals surface area contributed by atoms with Crippen molar-refractivity contribution < 1.29 is 14.4 Å². The van der Waals surface area contributed by atoms with E-state index in [1.165, 1.54) is 0 Å². The van der Waals surface area contributed by atoms with E-state index in [2.05, 4.69) is 15.5 Å². The molecule has 0 fully saturated rings. The summed E-state index contributed by atoms with van der Waals surface area (Å²) in [5.74, 6) is -0.266. The first-order chi connectivity index (χ1) is 8.49. The van der Waals surface area contributed by atoms with Crippen molar-refractivity contribution in [2.75, 3.05) is 6.54 Å². The second kappa shape index (κ2) is 4.73. The average Bonchev–Trinajstić information content (AvgIpc) is 2.66. The van der Waals surface area contributed by atoms with E-state index in [1.807, 2.05) is 0 Å². The number of hydrogen-bond acceptors (Lipinski definition) is 5. The molecule has 6 heteroatoms. The summed E-state index contributed by atoms with van der Waals surface area (Å²) >= 11 is 0. The minimum atomic E-state index is -0.587. The first-order valence-electron chi connectivity index (χ1n) is 5.69. The number of pyridine rings is 1. The van der Waals surface area contributed by atoms with Gasteiger partial charge in [0.05, 0.1) is 22.7 Å². The maximum Gasteiger partial charge on any atom is 0.258 e. The standard InChI is InChI=1S/C12H15N3O3/c1-6-4-9(11(17)13-5-7(2)16)10-8(3)15-18-12(10)14-6/h4,7,16H,5H2,1-3H3,(H,13,17). The molecule has 1 atom stereocenters. The van der Waals surface area contributed by atoms with Crippen molar-refractivity contribution in [2.24, 2.45) is 0 Å². The number of nitrogens with one attached hydrogen (secondary N) is 1. The van der Waals surface area contributed by atoms with Crippen LogP contribution in [0.25, 0.3) is 11.1 Å². The van der Waals surface area contributed by atoms with Crippen LogP contribution in [0.1, 0.15) is 28.7 Å². The van der Waals surface area contributed by atoms with Crippen molar-refractivity contribution in [3.05, 3.63) is 23.0 Å². The number of aliphatic hydroxyl groups is 1. The van der Waals surface area contributed by atoms with Gasteiger partial charge < -0.3 is 14.9 Å². The number of aryl methyl sites for hydroxylation is 2. The van der Waals surface area contributed by atoms with E-state index in [9.17, 15) is 9.90 Å². The van der Waals surface area contributed by atoms with Crippen molar-refractivity contribution in [1.29, 1.82) is 0 Å². The third kappa shape index (κ3) is 2.33. The quantitative estimate of drug-likeness (QED) is 0.845. The summed E-state index contributed by atoms with van der Waals surface area (Å²) in [6, 6.07) is 1.68. The summed E-state index contributed by atoms with van der Waals surface area (Å²) in [6.45, 7) is 5.35. The normalized spacial score (nSPS) is 12.7. The third-order valence-corrected chi connectivity index (χ3v) is 2.55. The number of carbonyl (C=O) groups excluding carboxylic acids is 1. The Bertz CT molecular complexity index is 590. The topological polar surface area (TPSA) is 88.2 Å². The molecule has 6 nitrogen and oxygen atoms in total. The first kappa shape index (κ1) is 12.5. The summed E-state index contributed by atoms with van der Waals surface area (Å²) in [4.78, 5) is 16.2. The van der Waals surface area contributed by atoms with E-state index in [-0.39, 0.29) is 12.5 Å².